The van der Waals surface area contributed by atoms with E-state index in [-0.39, 0.29) is 17.6 Å². The minimum absolute atomic E-state index is 0.126. The van der Waals surface area contributed by atoms with Crippen LogP contribution in [-0.2, 0) is 0 Å². The first-order valence-electron chi connectivity index (χ1n) is 7.82. The Balaban J connectivity index is 1.84. The molecule has 0 spiro atoms. The Labute approximate surface area is 145 Å². The van der Waals surface area contributed by atoms with E-state index in [2.05, 4.69) is 5.32 Å². The molecule has 1 aromatic heterocycles. The molecule has 0 atom stereocenters. The summed E-state index contributed by atoms with van der Waals surface area (Å²) >= 11 is 0. The lowest BCUT2D eigenvalue weighted by Crippen LogP contribution is -2.22. The van der Waals surface area contributed by atoms with Gasteiger partial charge in [0.2, 0.25) is 0 Å². The van der Waals surface area contributed by atoms with Crippen molar-refractivity contribution in [3.63, 3.8) is 0 Å². The number of nitrogens with zero attached hydrogens (tertiary/aromatic N) is 1. The Morgan fingerprint density at radius 3 is 2.44 bits per heavy atom. The summed E-state index contributed by atoms with van der Waals surface area (Å²) in [6.07, 6.45) is 1.49. The van der Waals surface area contributed by atoms with Crippen LogP contribution < -0.4 is 5.32 Å². The van der Waals surface area contributed by atoms with Crippen LogP contribution in [-0.4, -0.2) is 30.8 Å². The van der Waals surface area contributed by atoms with E-state index in [0.717, 1.165) is 11.1 Å². The lowest BCUT2D eigenvalue weighted by atomic mass is 10.1. The summed E-state index contributed by atoms with van der Waals surface area (Å²) < 4.78 is 5.38. The monoisotopic (exact) mass is 334 g/mol. The molecule has 25 heavy (non-hydrogen) atoms. The van der Waals surface area contributed by atoms with Crippen molar-refractivity contribution >= 4 is 17.5 Å². The molecule has 5 heteroatoms. The van der Waals surface area contributed by atoms with Crippen LogP contribution in [0.2, 0.25) is 0 Å². The number of anilines is 1. The molecule has 0 fully saturated rings. The Morgan fingerprint density at radius 2 is 1.72 bits per heavy atom. The standard InChI is InChI=1S/C20H18N2O3/c1-22(2)20(24)15-9-6-10-16(13-15)21-19(23)18-17(11-12-25-18)14-7-4-3-5-8-14/h3-13H,1-2H3,(H,21,23). The fourth-order valence-electron chi connectivity index (χ4n) is 2.51. The molecule has 0 unspecified atom stereocenters. The van der Waals surface area contributed by atoms with Crippen LogP contribution in [0.4, 0.5) is 5.69 Å². The number of hydrogen-bond acceptors (Lipinski definition) is 3. The minimum atomic E-state index is -0.363. The zero-order valence-corrected chi connectivity index (χ0v) is 14.0. The second-order valence-corrected chi connectivity index (χ2v) is 5.76. The number of carbonyl (C=O) groups is 2. The molecule has 5 nitrogen and oxygen atoms in total. The van der Waals surface area contributed by atoms with E-state index < -0.39 is 0 Å². The SMILES string of the molecule is CN(C)C(=O)c1cccc(NC(=O)c2occc2-c2ccccc2)c1. The van der Waals surface area contributed by atoms with Gasteiger partial charge in [-0.1, -0.05) is 36.4 Å². The maximum absolute atomic E-state index is 12.6. The first-order valence-corrected chi connectivity index (χ1v) is 7.82. The average Bonchev–Trinajstić information content (AvgIpc) is 3.12. The van der Waals surface area contributed by atoms with Crippen LogP contribution in [0, 0.1) is 0 Å². The largest absolute Gasteiger partial charge is 0.459 e. The van der Waals surface area contributed by atoms with Crippen molar-refractivity contribution in [1.82, 2.24) is 4.90 Å². The second-order valence-electron chi connectivity index (χ2n) is 5.76. The molecule has 1 heterocycles. The van der Waals surface area contributed by atoms with Crippen molar-refractivity contribution in [2.45, 2.75) is 0 Å². The van der Waals surface area contributed by atoms with Gasteiger partial charge in [0.25, 0.3) is 11.8 Å². The Hall–Kier alpha value is -3.34. The highest BCUT2D eigenvalue weighted by atomic mass is 16.3. The van der Waals surface area contributed by atoms with Crippen molar-refractivity contribution in [3.05, 3.63) is 78.3 Å². The summed E-state index contributed by atoms with van der Waals surface area (Å²) in [6.45, 7) is 0. The molecule has 0 aliphatic heterocycles. The van der Waals surface area contributed by atoms with E-state index in [0.29, 0.717) is 11.3 Å². The molecule has 0 aliphatic rings. The maximum atomic E-state index is 12.6. The third kappa shape index (κ3) is 3.61. The van der Waals surface area contributed by atoms with Gasteiger partial charge in [0.15, 0.2) is 5.76 Å². The lowest BCUT2D eigenvalue weighted by Gasteiger charge is -2.11. The van der Waals surface area contributed by atoms with Crippen molar-refractivity contribution in [2.75, 3.05) is 19.4 Å². The number of rotatable bonds is 4. The van der Waals surface area contributed by atoms with Gasteiger partial charge in [-0.2, -0.15) is 0 Å². The van der Waals surface area contributed by atoms with Crippen molar-refractivity contribution in [3.8, 4) is 11.1 Å². The highest BCUT2D eigenvalue weighted by Gasteiger charge is 2.17. The molecule has 3 rings (SSSR count). The van der Waals surface area contributed by atoms with Crippen LogP contribution in [0.5, 0.6) is 0 Å². The highest BCUT2D eigenvalue weighted by molar-refractivity contribution is 6.07. The van der Waals surface area contributed by atoms with Crippen LogP contribution in [0.3, 0.4) is 0 Å². The van der Waals surface area contributed by atoms with Gasteiger partial charge < -0.3 is 14.6 Å². The molecule has 2 amide bonds. The van der Waals surface area contributed by atoms with Crippen LogP contribution >= 0.6 is 0 Å². The molecule has 0 aliphatic carbocycles. The minimum Gasteiger partial charge on any atom is -0.459 e. The zero-order chi connectivity index (χ0) is 17.8. The summed E-state index contributed by atoms with van der Waals surface area (Å²) in [6, 6.07) is 18.1. The fourth-order valence-corrected chi connectivity index (χ4v) is 2.51. The number of hydrogen-bond donors (Lipinski definition) is 1. The summed E-state index contributed by atoms with van der Waals surface area (Å²) in [5.74, 6) is -0.257. The number of nitrogens with one attached hydrogen (secondary N) is 1. The highest BCUT2D eigenvalue weighted by Crippen LogP contribution is 2.25. The summed E-state index contributed by atoms with van der Waals surface area (Å²) in [7, 11) is 3.37. The van der Waals surface area contributed by atoms with Gasteiger partial charge in [0.05, 0.1) is 6.26 Å². The van der Waals surface area contributed by atoms with Gasteiger partial charge in [0.1, 0.15) is 0 Å². The lowest BCUT2D eigenvalue weighted by molar-refractivity contribution is 0.0827. The van der Waals surface area contributed by atoms with E-state index in [1.165, 1.54) is 11.2 Å². The second kappa shape index (κ2) is 7.05. The first kappa shape index (κ1) is 16.5. The van der Waals surface area contributed by atoms with Crippen molar-refractivity contribution < 1.29 is 14.0 Å². The Kier molecular flexibility index (Phi) is 4.66. The van der Waals surface area contributed by atoms with Crippen LogP contribution in [0.1, 0.15) is 20.9 Å². The first-order chi connectivity index (χ1) is 12.1. The number of benzene rings is 2. The van der Waals surface area contributed by atoms with Gasteiger partial charge in [-0.25, -0.2) is 0 Å². The number of amides is 2. The van der Waals surface area contributed by atoms with Crippen molar-refractivity contribution in [2.24, 2.45) is 0 Å². The average molecular weight is 334 g/mol. The van der Waals surface area contributed by atoms with Crippen LogP contribution in [0.25, 0.3) is 11.1 Å². The van der Waals surface area contributed by atoms with Gasteiger partial charge in [-0.05, 0) is 29.8 Å². The normalized spacial score (nSPS) is 10.3. The molecular weight excluding hydrogens is 316 g/mol. The van der Waals surface area contributed by atoms with E-state index in [4.69, 9.17) is 4.42 Å². The molecule has 1 N–H and O–H groups in total. The Morgan fingerprint density at radius 1 is 0.960 bits per heavy atom. The molecular formula is C20H18N2O3. The summed E-state index contributed by atoms with van der Waals surface area (Å²) in [5.41, 5.74) is 2.66. The molecule has 0 saturated heterocycles. The topological polar surface area (TPSA) is 62.6 Å². The van der Waals surface area contributed by atoms with E-state index in [9.17, 15) is 9.59 Å². The van der Waals surface area contributed by atoms with Crippen LogP contribution in [0.15, 0.2) is 71.3 Å². The third-order valence-electron chi connectivity index (χ3n) is 3.73. The smallest absolute Gasteiger partial charge is 0.292 e. The maximum Gasteiger partial charge on any atom is 0.292 e. The quantitative estimate of drug-likeness (QED) is 0.787. The molecule has 3 aromatic rings. The molecule has 2 aromatic carbocycles. The predicted molar refractivity (Wildman–Crippen MR) is 96.6 cm³/mol. The van der Waals surface area contributed by atoms with E-state index in [1.807, 2.05) is 30.3 Å². The summed E-state index contributed by atoms with van der Waals surface area (Å²) in [5, 5.41) is 2.79. The summed E-state index contributed by atoms with van der Waals surface area (Å²) in [4.78, 5) is 26.1. The van der Waals surface area contributed by atoms with Gasteiger partial charge >= 0.3 is 0 Å². The number of furan rings is 1. The van der Waals surface area contributed by atoms with Gasteiger partial charge in [-0.3, -0.25) is 9.59 Å². The fraction of sp³-hybridized carbons (Fsp3) is 0.100. The zero-order valence-electron chi connectivity index (χ0n) is 14.0. The van der Waals surface area contributed by atoms with E-state index >= 15 is 0 Å². The molecule has 126 valence electrons. The predicted octanol–water partition coefficient (Wildman–Crippen LogP) is 3.90. The third-order valence-corrected chi connectivity index (χ3v) is 3.73. The molecule has 0 radical (unpaired) electrons. The Bertz CT molecular complexity index is 898. The van der Waals surface area contributed by atoms with Gasteiger partial charge in [0, 0.05) is 30.9 Å². The van der Waals surface area contributed by atoms with Crippen molar-refractivity contribution in [1.29, 1.82) is 0 Å². The molecule has 0 bridgehead atoms. The molecule has 0 saturated carbocycles. The number of carbonyl (C=O) groups excluding carboxylic acids is 2. The van der Waals surface area contributed by atoms with E-state index in [1.54, 1.807) is 44.4 Å². The van der Waals surface area contributed by atoms with Gasteiger partial charge in [-0.15, -0.1) is 0 Å².